The summed E-state index contributed by atoms with van der Waals surface area (Å²) < 4.78 is 27.1. The summed E-state index contributed by atoms with van der Waals surface area (Å²) in [6.45, 7) is 0.993. The zero-order valence-corrected chi connectivity index (χ0v) is 8.99. The lowest BCUT2D eigenvalue weighted by molar-refractivity contribution is 0.0690. The van der Waals surface area contributed by atoms with E-state index in [1.54, 1.807) is 4.90 Å². The van der Waals surface area contributed by atoms with Crippen LogP contribution in [0.3, 0.4) is 0 Å². The van der Waals surface area contributed by atoms with E-state index in [0.717, 1.165) is 6.07 Å². The van der Waals surface area contributed by atoms with Crippen LogP contribution in [0.1, 0.15) is 16.8 Å². The van der Waals surface area contributed by atoms with Crippen LogP contribution in [0, 0.1) is 11.6 Å². The Kier molecular flexibility index (Phi) is 2.97. The van der Waals surface area contributed by atoms with Gasteiger partial charge in [0.25, 0.3) is 0 Å². The summed E-state index contributed by atoms with van der Waals surface area (Å²) in [5.74, 6) is -3.93. The average Bonchev–Trinajstić information content (AvgIpc) is 2.68. The quantitative estimate of drug-likeness (QED) is 0.817. The van der Waals surface area contributed by atoms with E-state index in [-0.39, 0.29) is 11.7 Å². The Hall–Kier alpha value is -1.69. The van der Waals surface area contributed by atoms with Crippen molar-refractivity contribution in [1.82, 2.24) is 0 Å². The third kappa shape index (κ3) is 2.08. The maximum Gasteiger partial charge on any atom is 0.338 e. The molecule has 0 saturated carbocycles. The second-order valence-corrected chi connectivity index (χ2v) is 4.06. The molecule has 92 valence electrons. The molecule has 1 atom stereocenters. The molecule has 4 nitrogen and oxygen atoms in total. The highest BCUT2D eigenvalue weighted by Crippen LogP contribution is 2.26. The van der Waals surface area contributed by atoms with Gasteiger partial charge in [0.2, 0.25) is 0 Å². The van der Waals surface area contributed by atoms with Gasteiger partial charge in [-0.3, -0.25) is 0 Å². The number of anilines is 1. The molecule has 1 saturated heterocycles. The zero-order valence-electron chi connectivity index (χ0n) is 8.99. The first-order valence-electron chi connectivity index (χ1n) is 5.22. The highest BCUT2D eigenvalue weighted by atomic mass is 19.2. The van der Waals surface area contributed by atoms with Gasteiger partial charge in [-0.05, 0) is 18.6 Å². The number of hydrogen-bond donors (Lipinski definition) is 2. The lowest BCUT2D eigenvalue weighted by Gasteiger charge is -2.19. The fourth-order valence-corrected chi connectivity index (χ4v) is 1.95. The number of nitrogens with two attached hydrogens (primary N) is 1. The monoisotopic (exact) mass is 242 g/mol. The molecule has 0 aromatic heterocycles. The summed E-state index contributed by atoms with van der Waals surface area (Å²) in [7, 11) is 0. The fraction of sp³-hybridized carbons (Fsp3) is 0.364. The highest BCUT2D eigenvalue weighted by molar-refractivity contribution is 5.88. The number of nitrogens with zero attached hydrogens (tertiary/aromatic N) is 1. The number of carboxylic acids is 1. The Morgan fingerprint density at radius 2 is 2.12 bits per heavy atom. The predicted octanol–water partition coefficient (Wildman–Crippen LogP) is 1.20. The van der Waals surface area contributed by atoms with Crippen molar-refractivity contribution in [3.63, 3.8) is 0 Å². The molecule has 2 rings (SSSR count). The zero-order chi connectivity index (χ0) is 12.6. The topological polar surface area (TPSA) is 66.6 Å². The second-order valence-electron chi connectivity index (χ2n) is 4.06. The van der Waals surface area contributed by atoms with E-state index in [9.17, 15) is 13.6 Å². The third-order valence-corrected chi connectivity index (χ3v) is 2.86. The number of carbonyl (C=O) groups is 1. The third-order valence-electron chi connectivity index (χ3n) is 2.86. The number of hydrogen-bond acceptors (Lipinski definition) is 3. The molecule has 1 aromatic rings. The van der Waals surface area contributed by atoms with Crippen molar-refractivity contribution in [1.29, 1.82) is 0 Å². The van der Waals surface area contributed by atoms with Crippen LogP contribution in [0.5, 0.6) is 0 Å². The molecule has 0 bridgehead atoms. The molecule has 1 aromatic carbocycles. The van der Waals surface area contributed by atoms with Crippen LogP contribution in [-0.2, 0) is 0 Å². The largest absolute Gasteiger partial charge is 0.478 e. The van der Waals surface area contributed by atoms with E-state index in [1.807, 2.05) is 0 Å². The Morgan fingerprint density at radius 3 is 2.65 bits per heavy atom. The Balaban J connectivity index is 2.37. The van der Waals surface area contributed by atoms with Crippen LogP contribution in [-0.4, -0.2) is 30.2 Å². The minimum atomic E-state index is -1.48. The molecule has 1 unspecified atom stereocenters. The van der Waals surface area contributed by atoms with Crippen LogP contribution in [0.15, 0.2) is 12.1 Å². The summed E-state index contributed by atoms with van der Waals surface area (Å²) >= 11 is 0. The Morgan fingerprint density at radius 1 is 1.41 bits per heavy atom. The van der Waals surface area contributed by atoms with Crippen LogP contribution in [0.4, 0.5) is 14.5 Å². The van der Waals surface area contributed by atoms with Gasteiger partial charge in [0.1, 0.15) is 0 Å². The molecule has 0 aliphatic carbocycles. The molecule has 1 heterocycles. The van der Waals surface area contributed by atoms with Gasteiger partial charge >= 0.3 is 5.97 Å². The van der Waals surface area contributed by atoms with Gasteiger partial charge in [0.15, 0.2) is 11.6 Å². The normalized spacial score (nSPS) is 19.7. The molecule has 0 spiro atoms. The summed E-state index contributed by atoms with van der Waals surface area (Å²) in [5.41, 5.74) is 5.09. The molecule has 3 N–H and O–H groups in total. The van der Waals surface area contributed by atoms with Crippen LogP contribution >= 0.6 is 0 Å². The smallest absolute Gasteiger partial charge is 0.338 e. The Labute approximate surface area is 96.6 Å². The van der Waals surface area contributed by atoms with Crippen molar-refractivity contribution < 1.29 is 18.7 Å². The van der Waals surface area contributed by atoms with Crippen molar-refractivity contribution in [2.75, 3.05) is 18.0 Å². The number of aromatic carboxylic acids is 1. The van der Waals surface area contributed by atoms with Gasteiger partial charge < -0.3 is 15.7 Å². The lowest BCUT2D eigenvalue weighted by Crippen LogP contribution is -2.27. The summed E-state index contributed by atoms with van der Waals surface area (Å²) in [5, 5.41) is 8.65. The maximum atomic E-state index is 13.7. The fourth-order valence-electron chi connectivity index (χ4n) is 1.95. The van der Waals surface area contributed by atoms with E-state index in [4.69, 9.17) is 10.8 Å². The molecule has 1 aliphatic heterocycles. The molecule has 17 heavy (non-hydrogen) atoms. The van der Waals surface area contributed by atoms with Crippen LogP contribution in [0.25, 0.3) is 0 Å². The van der Waals surface area contributed by atoms with Gasteiger partial charge in [-0.1, -0.05) is 0 Å². The van der Waals surface area contributed by atoms with E-state index in [2.05, 4.69) is 0 Å². The second kappa shape index (κ2) is 4.29. The summed E-state index contributed by atoms with van der Waals surface area (Å²) in [4.78, 5) is 12.2. The molecule has 1 aliphatic rings. The van der Waals surface area contributed by atoms with E-state index in [1.165, 1.54) is 6.07 Å². The molecule has 0 radical (unpaired) electrons. The number of halogens is 2. The van der Waals surface area contributed by atoms with Crippen LogP contribution in [0.2, 0.25) is 0 Å². The van der Waals surface area contributed by atoms with Gasteiger partial charge in [-0.15, -0.1) is 0 Å². The first-order chi connectivity index (χ1) is 8.00. The Bertz CT molecular complexity index is 465. The number of carboxylic acid groups (broad SMARTS) is 1. The van der Waals surface area contributed by atoms with Crippen molar-refractivity contribution in [3.8, 4) is 0 Å². The van der Waals surface area contributed by atoms with Crippen molar-refractivity contribution in [2.45, 2.75) is 12.5 Å². The first kappa shape index (κ1) is 11.8. The lowest BCUT2D eigenvalue weighted by atomic mass is 10.1. The van der Waals surface area contributed by atoms with E-state index >= 15 is 0 Å². The highest BCUT2D eigenvalue weighted by Gasteiger charge is 2.25. The maximum absolute atomic E-state index is 13.7. The summed E-state index contributed by atoms with van der Waals surface area (Å²) in [6, 6.07) is 2.29. The molecule has 6 heteroatoms. The van der Waals surface area contributed by atoms with Crippen LogP contribution < -0.4 is 10.6 Å². The minimum absolute atomic E-state index is 0.0587. The molecule has 1 fully saturated rings. The van der Waals surface area contributed by atoms with Crippen molar-refractivity contribution in [3.05, 3.63) is 29.3 Å². The standard InChI is InChI=1S/C11H12F2N2O2/c12-9-7(11(16)17)1-2-8(10(9)13)15-4-3-6(14)5-15/h1-2,6H,3-5,14H2,(H,16,17). The number of benzene rings is 1. The van der Waals surface area contributed by atoms with E-state index < -0.39 is 23.2 Å². The molecular weight excluding hydrogens is 230 g/mol. The van der Waals surface area contributed by atoms with Gasteiger partial charge in [0, 0.05) is 19.1 Å². The SMILES string of the molecule is NC1CCN(c2ccc(C(=O)O)c(F)c2F)C1. The first-order valence-corrected chi connectivity index (χ1v) is 5.22. The molecule has 0 amide bonds. The number of rotatable bonds is 2. The van der Waals surface area contributed by atoms with Gasteiger partial charge in [-0.25, -0.2) is 13.6 Å². The average molecular weight is 242 g/mol. The predicted molar refractivity (Wildman–Crippen MR) is 58.1 cm³/mol. The summed E-state index contributed by atoms with van der Waals surface area (Å²) in [6.07, 6.45) is 0.710. The van der Waals surface area contributed by atoms with Crippen molar-refractivity contribution >= 4 is 11.7 Å². The minimum Gasteiger partial charge on any atom is -0.478 e. The van der Waals surface area contributed by atoms with Gasteiger partial charge in [-0.2, -0.15) is 0 Å². The molecular formula is C11H12F2N2O2. The van der Waals surface area contributed by atoms with Crippen molar-refractivity contribution in [2.24, 2.45) is 5.73 Å². The van der Waals surface area contributed by atoms with E-state index in [0.29, 0.717) is 19.5 Å². The van der Waals surface area contributed by atoms with Gasteiger partial charge in [0.05, 0.1) is 11.3 Å².